The van der Waals surface area contributed by atoms with Crippen LogP contribution in [0.5, 0.6) is 0 Å². The molecule has 0 fully saturated rings. The van der Waals surface area contributed by atoms with E-state index in [4.69, 9.17) is 5.73 Å². The number of nitrogens with two attached hydrogens (primary N) is 1. The van der Waals surface area contributed by atoms with Crippen LogP contribution in [0.15, 0.2) is 17.2 Å². The molecule has 5 heteroatoms. The van der Waals surface area contributed by atoms with E-state index in [1.807, 2.05) is 0 Å². The first kappa shape index (κ1) is 8.86. The number of nitrogens with one attached hydrogen (secondary N) is 1. The van der Waals surface area contributed by atoms with Crippen LogP contribution in [-0.4, -0.2) is 17.9 Å². The summed E-state index contributed by atoms with van der Waals surface area (Å²) in [6, 6.07) is 3.15. The number of anilines is 1. The van der Waals surface area contributed by atoms with Gasteiger partial charge in [0.15, 0.2) is 0 Å². The van der Waals surface area contributed by atoms with E-state index >= 15 is 0 Å². The van der Waals surface area contributed by atoms with E-state index in [-0.39, 0.29) is 5.91 Å². The third-order valence-corrected chi connectivity index (χ3v) is 1.71. The van der Waals surface area contributed by atoms with Crippen molar-refractivity contribution < 1.29 is 4.79 Å². The molecule has 0 saturated carbocycles. The Kier molecular flexibility index (Phi) is 2.54. The standard InChI is InChI=1S/C7H9N3OS/c1-9-6(11)4-2-3-5(8)10-7(4)12/h2-3H,1H3,(H,9,11)(H3,8,10,12). The molecule has 1 heterocycles. The highest BCUT2D eigenvalue weighted by atomic mass is 32.1. The number of pyridine rings is 1. The lowest BCUT2D eigenvalue weighted by atomic mass is 10.2. The second-order valence-corrected chi connectivity index (χ2v) is 2.61. The van der Waals surface area contributed by atoms with Crippen molar-refractivity contribution in [3.8, 4) is 0 Å². The fourth-order valence-corrected chi connectivity index (χ4v) is 1.07. The van der Waals surface area contributed by atoms with E-state index < -0.39 is 0 Å². The van der Waals surface area contributed by atoms with E-state index in [1.54, 1.807) is 19.2 Å². The zero-order chi connectivity index (χ0) is 9.14. The van der Waals surface area contributed by atoms with Crippen molar-refractivity contribution in [1.82, 2.24) is 10.3 Å². The van der Waals surface area contributed by atoms with Crippen LogP contribution in [0, 0.1) is 0 Å². The number of hydrogen-bond acceptors (Lipinski definition) is 4. The van der Waals surface area contributed by atoms with Gasteiger partial charge in [0.25, 0.3) is 5.91 Å². The molecule has 0 radical (unpaired) electrons. The molecule has 0 aliphatic heterocycles. The van der Waals surface area contributed by atoms with Crippen LogP contribution < -0.4 is 11.1 Å². The summed E-state index contributed by atoms with van der Waals surface area (Å²) < 4.78 is 0. The molecular formula is C7H9N3OS. The highest BCUT2D eigenvalue weighted by Crippen LogP contribution is 2.12. The summed E-state index contributed by atoms with van der Waals surface area (Å²) in [7, 11) is 1.55. The fourth-order valence-electron chi connectivity index (χ4n) is 0.775. The van der Waals surface area contributed by atoms with Crippen LogP contribution in [0.4, 0.5) is 5.82 Å². The molecule has 0 aliphatic rings. The van der Waals surface area contributed by atoms with E-state index in [0.717, 1.165) is 0 Å². The molecule has 0 unspecified atom stereocenters. The predicted molar refractivity (Wildman–Crippen MR) is 49.3 cm³/mol. The topological polar surface area (TPSA) is 68.0 Å². The molecule has 0 saturated heterocycles. The minimum Gasteiger partial charge on any atom is -0.384 e. The minimum absolute atomic E-state index is 0.215. The first-order valence-electron chi connectivity index (χ1n) is 3.32. The van der Waals surface area contributed by atoms with Crippen molar-refractivity contribution >= 4 is 24.4 Å². The molecular weight excluding hydrogens is 174 g/mol. The smallest absolute Gasteiger partial charge is 0.253 e. The largest absolute Gasteiger partial charge is 0.384 e. The second-order valence-electron chi connectivity index (χ2n) is 2.19. The highest BCUT2D eigenvalue weighted by Gasteiger charge is 2.07. The average molecular weight is 183 g/mol. The van der Waals surface area contributed by atoms with Crippen molar-refractivity contribution in [2.75, 3.05) is 12.8 Å². The number of aromatic nitrogens is 1. The van der Waals surface area contributed by atoms with Crippen molar-refractivity contribution in [1.29, 1.82) is 0 Å². The fraction of sp³-hybridized carbons (Fsp3) is 0.143. The van der Waals surface area contributed by atoms with Gasteiger partial charge in [-0.1, -0.05) is 0 Å². The molecule has 1 rings (SSSR count). The van der Waals surface area contributed by atoms with Gasteiger partial charge in [0, 0.05) is 7.05 Å². The van der Waals surface area contributed by atoms with Gasteiger partial charge >= 0.3 is 0 Å². The molecule has 1 amide bonds. The minimum atomic E-state index is -0.215. The zero-order valence-corrected chi connectivity index (χ0v) is 7.43. The SMILES string of the molecule is CNC(=O)c1ccc(N)nc1S. The summed E-state index contributed by atoms with van der Waals surface area (Å²) >= 11 is 4.01. The van der Waals surface area contributed by atoms with Crippen LogP contribution in [-0.2, 0) is 0 Å². The van der Waals surface area contributed by atoms with E-state index in [1.165, 1.54) is 0 Å². The van der Waals surface area contributed by atoms with Gasteiger partial charge in [0.2, 0.25) is 0 Å². The number of carbonyl (C=O) groups is 1. The van der Waals surface area contributed by atoms with E-state index in [9.17, 15) is 4.79 Å². The Labute approximate surface area is 75.6 Å². The Balaban J connectivity index is 3.09. The maximum absolute atomic E-state index is 11.1. The molecule has 0 bridgehead atoms. The summed E-state index contributed by atoms with van der Waals surface area (Å²) in [4.78, 5) is 14.9. The molecule has 4 nitrogen and oxygen atoms in total. The normalized spacial score (nSPS) is 9.50. The molecule has 0 aliphatic carbocycles. The average Bonchev–Trinajstić information content (AvgIpc) is 2.03. The van der Waals surface area contributed by atoms with Gasteiger partial charge in [0.05, 0.1) is 5.56 Å². The summed E-state index contributed by atoms with van der Waals surface area (Å²) in [5.41, 5.74) is 5.80. The van der Waals surface area contributed by atoms with E-state index in [2.05, 4.69) is 22.9 Å². The van der Waals surface area contributed by atoms with Gasteiger partial charge < -0.3 is 11.1 Å². The number of carbonyl (C=O) groups excluding carboxylic acids is 1. The lowest BCUT2D eigenvalue weighted by Gasteiger charge is -2.02. The number of hydrogen-bond donors (Lipinski definition) is 3. The van der Waals surface area contributed by atoms with Crippen LogP contribution in [0.3, 0.4) is 0 Å². The van der Waals surface area contributed by atoms with Gasteiger partial charge in [-0.2, -0.15) is 0 Å². The zero-order valence-electron chi connectivity index (χ0n) is 6.53. The van der Waals surface area contributed by atoms with Gasteiger partial charge in [-0.15, -0.1) is 12.6 Å². The highest BCUT2D eigenvalue weighted by molar-refractivity contribution is 7.80. The van der Waals surface area contributed by atoms with Crippen molar-refractivity contribution in [3.63, 3.8) is 0 Å². The van der Waals surface area contributed by atoms with Crippen LogP contribution >= 0.6 is 12.6 Å². The van der Waals surface area contributed by atoms with Crippen molar-refractivity contribution in [2.24, 2.45) is 0 Å². The number of rotatable bonds is 1. The number of nitrogens with zero attached hydrogens (tertiary/aromatic N) is 1. The van der Waals surface area contributed by atoms with Gasteiger partial charge in [0.1, 0.15) is 10.8 Å². The number of thiol groups is 1. The van der Waals surface area contributed by atoms with Crippen molar-refractivity contribution in [2.45, 2.75) is 5.03 Å². The second kappa shape index (κ2) is 3.44. The van der Waals surface area contributed by atoms with Gasteiger partial charge in [-0.25, -0.2) is 4.98 Å². The third-order valence-electron chi connectivity index (χ3n) is 1.37. The van der Waals surface area contributed by atoms with Crippen LogP contribution in [0.2, 0.25) is 0 Å². The Hall–Kier alpha value is -1.23. The van der Waals surface area contributed by atoms with E-state index in [0.29, 0.717) is 16.4 Å². The molecule has 0 aromatic carbocycles. The summed E-state index contributed by atoms with van der Waals surface area (Å²) in [5, 5.41) is 2.81. The lowest BCUT2D eigenvalue weighted by Crippen LogP contribution is -2.18. The molecule has 0 atom stereocenters. The van der Waals surface area contributed by atoms with Gasteiger partial charge in [-0.3, -0.25) is 4.79 Å². The van der Waals surface area contributed by atoms with Gasteiger partial charge in [-0.05, 0) is 12.1 Å². The Morgan fingerprint density at radius 1 is 1.67 bits per heavy atom. The first-order chi connectivity index (χ1) is 5.65. The van der Waals surface area contributed by atoms with Crippen molar-refractivity contribution in [3.05, 3.63) is 17.7 Å². The molecule has 1 aromatic rings. The molecule has 1 aromatic heterocycles. The predicted octanol–water partition coefficient (Wildman–Crippen LogP) is 0.312. The van der Waals surface area contributed by atoms with Crippen LogP contribution in [0.25, 0.3) is 0 Å². The summed E-state index contributed by atoms with van der Waals surface area (Å²) in [6.07, 6.45) is 0. The number of amides is 1. The molecule has 0 spiro atoms. The summed E-state index contributed by atoms with van der Waals surface area (Å²) in [6.45, 7) is 0. The lowest BCUT2D eigenvalue weighted by molar-refractivity contribution is 0.0959. The molecule has 12 heavy (non-hydrogen) atoms. The first-order valence-corrected chi connectivity index (χ1v) is 3.77. The Morgan fingerprint density at radius 3 is 2.83 bits per heavy atom. The Morgan fingerprint density at radius 2 is 2.33 bits per heavy atom. The quantitative estimate of drug-likeness (QED) is 0.549. The maximum Gasteiger partial charge on any atom is 0.253 e. The van der Waals surface area contributed by atoms with Crippen LogP contribution in [0.1, 0.15) is 10.4 Å². The molecule has 64 valence electrons. The number of nitrogen functional groups attached to an aromatic ring is 1. The maximum atomic E-state index is 11.1. The summed E-state index contributed by atoms with van der Waals surface area (Å²) in [5.74, 6) is 0.139. The monoisotopic (exact) mass is 183 g/mol. The molecule has 3 N–H and O–H groups in total. The Bertz CT molecular complexity index is 314. The third kappa shape index (κ3) is 1.68.